The number of para-hydroxylation sites is 1. The largest absolute Gasteiger partial charge is 0.334 e. The third kappa shape index (κ3) is 6.92. The average Bonchev–Trinajstić information content (AvgIpc) is 2.48. The Morgan fingerprint density at radius 1 is 1.22 bits per heavy atom. The minimum absolute atomic E-state index is 0. The number of nitrogens with zero attached hydrogens (tertiary/aromatic N) is 1. The van der Waals surface area contributed by atoms with E-state index in [2.05, 4.69) is 10.6 Å². The van der Waals surface area contributed by atoms with E-state index in [1.54, 1.807) is 14.0 Å². The summed E-state index contributed by atoms with van der Waals surface area (Å²) in [5.74, 6) is -2.50. The van der Waals surface area contributed by atoms with Crippen LogP contribution in [0.2, 0.25) is 0 Å². The number of rotatable bonds is 8. The molecule has 0 heterocycles. The Morgan fingerprint density at radius 2 is 1.83 bits per heavy atom. The number of carbonyl (C=O) groups excluding carboxylic acids is 2. The number of amides is 2. The maximum absolute atomic E-state index is 13.5. The third-order valence-corrected chi connectivity index (χ3v) is 3.11. The fourth-order valence-corrected chi connectivity index (χ4v) is 1.92. The normalized spacial score (nSPS) is 9.91. The van der Waals surface area contributed by atoms with Gasteiger partial charge in [0, 0.05) is 13.0 Å². The van der Waals surface area contributed by atoms with Gasteiger partial charge in [-0.05, 0) is 39.1 Å². The summed E-state index contributed by atoms with van der Waals surface area (Å²) in [5, 5.41) is 5.10. The molecule has 0 aliphatic rings. The molecule has 8 heteroatoms. The van der Waals surface area contributed by atoms with Gasteiger partial charge in [-0.1, -0.05) is 6.07 Å². The first-order valence-corrected chi connectivity index (χ1v) is 7.15. The van der Waals surface area contributed by atoms with Gasteiger partial charge in [0.1, 0.15) is 17.3 Å². The van der Waals surface area contributed by atoms with Crippen molar-refractivity contribution in [2.75, 3.05) is 32.0 Å². The minimum Gasteiger partial charge on any atom is -0.334 e. The summed E-state index contributed by atoms with van der Waals surface area (Å²) < 4.78 is 26.9. The Morgan fingerprint density at radius 3 is 2.35 bits per heavy atom. The van der Waals surface area contributed by atoms with E-state index in [9.17, 15) is 18.4 Å². The Kier molecular flexibility index (Phi) is 10.1. The van der Waals surface area contributed by atoms with Crippen molar-refractivity contribution in [2.24, 2.45) is 0 Å². The highest BCUT2D eigenvalue weighted by molar-refractivity contribution is 5.94. The fourth-order valence-electron chi connectivity index (χ4n) is 1.92. The van der Waals surface area contributed by atoms with Crippen LogP contribution >= 0.6 is 12.4 Å². The van der Waals surface area contributed by atoms with Crippen LogP contribution in [0.3, 0.4) is 0 Å². The van der Waals surface area contributed by atoms with Crippen LogP contribution in [0, 0.1) is 11.6 Å². The Labute approximate surface area is 140 Å². The number of likely N-dealkylation sites (N-methyl/N-ethyl adjacent to an activating group) is 1. The zero-order valence-corrected chi connectivity index (χ0v) is 14.0. The number of halogens is 3. The molecule has 0 radical (unpaired) electrons. The van der Waals surface area contributed by atoms with Crippen LogP contribution in [-0.4, -0.2) is 43.4 Å². The van der Waals surface area contributed by atoms with Crippen LogP contribution in [0.25, 0.3) is 0 Å². The Bertz CT molecular complexity index is 509. The molecule has 0 aliphatic carbocycles. The summed E-state index contributed by atoms with van der Waals surface area (Å²) >= 11 is 0. The van der Waals surface area contributed by atoms with E-state index < -0.39 is 23.2 Å². The van der Waals surface area contributed by atoms with Gasteiger partial charge >= 0.3 is 0 Å². The smallest absolute Gasteiger partial charge is 0.244 e. The summed E-state index contributed by atoms with van der Waals surface area (Å²) in [4.78, 5) is 25.2. The number of benzene rings is 1. The minimum atomic E-state index is -0.850. The lowest BCUT2D eigenvalue weighted by molar-refractivity contribution is -0.134. The predicted octanol–water partition coefficient (Wildman–Crippen LogP) is 2.17. The van der Waals surface area contributed by atoms with Gasteiger partial charge in [0.15, 0.2) is 0 Å². The number of hydrogen-bond donors (Lipinski definition) is 2. The molecule has 5 nitrogen and oxygen atoms in total. The summed E-state index contributed by atoms with van der Waals surface area (Å²) in [5.41, 5.74) is -0.494. The second kappa shape index (κ2) is 10.9. The fraction of sp³-hybridized carbons (Fsp3) is 0.467. The maximum Gasteiger partial charge on any atom is 0.244 e. The van der Waals surface area contributed by atoms with Crippen molar-refractivity contribution >= 4 is 29.9 Å². The highest BCUT2D eigenvalue weighted by Gasteiger charge is 2.17. The number of nitrogens with one attached hydrogen (secondary N) is 2. The molecule has 0 atom stereocenters. The monoisotopic (exact) mass is 349 g/mol. The molecule has 0 saturated heterocycles. The second-order valence-electron chi connectivity index (χ2n) is 4.76. The number of hydrogen-bond acceptors (Lipinski definition) is 3. The van der Waals surface area contributed by atoms with Gasteiger partial charge in [-0.25, -0.2) is 8.78 Å². The molecule has 1 aromatic rings. The van der Waals surface area contributed by atoms with Gasteiger partial charge in [-0.2, -0.15) is 0 Å². The molecule has 0 fully saturated rings. The molecule has 2 amide bonds. The molecule has 2 N–H and O–H groups in total. The van der Waals surface area contributed by atoms with Crippen molar-refractivity contribution in [1.29, 1.82) is 0 Å². The molecule has 0 saturated carbocycles. The van der Waals surface area contributed by atoms with Gasteiger partial charge < -0.3 is 15.5 Å². The van der Waals surface area contributed by atoms with Gasteiger partial charge in [0.25, 0.3) is 0 Å². The summed E-state index contributed by atoms with van der Waals surface area (Å²) in [7, 11) is 1.79. The number of anilines is 1. The molecule has 23 heavy (non-hydrogen) atoms. The van der Waals surface area contributed by atoms with E-state index in [4.69, 9.17) is 0 Å². The second-order valence-corrected chi connectivity index (χ2v) is 4.76. The van der Waals surface area contributed by atoms with Crippen LogP contribution in [-0.2, 0) is 9.59 Å². The maximum atomic E-state index is 13.5. The molecule has 0 aliphatic heterocycles. The van der Waals surface area contributed by atoms with Crippen molar-refractivity contribution < 1.29 is 18.4 Å². The highest BCUT2D eigenvalue weighted by atomic mass is 35.5. The van der Waals surface area contributed by atoms with E-state index in [1.165, 1.54) is 11.0 Å². The first-order valence-electron chi connectivity index (χ1n) is 7.15. The summed E-state index contributed by atoms with van der Waals surface area (Å²) in [6.07, 6.45) is 0.978. The molecule has 0 unspecified atom stereocenters. The van der Waals surface area contributed by atoms with Crippen LogP contribution in [0.4, 0.5) is 14.5 Å². The zero-order valence-electron chi connectivity index (χ0n) is 13.2. The molecule has 0 aromatic heterocycles. The Hall–Kier alpha value is -1.73. The number of carbonyl (C=O) groups is 2. The average molecular weight is 350 g/mol. The lowest BCUT2D eigenvalue weighted by atomic mass is 10.2. The van der Waals surface area contributed by atoms with E-state index in [1.807, 2.05) is 0 Å². The summed E-state index contributed by atoms with van der Waals surface area (Å²) in [6.45, 7) is 2.57. The van der Waals surface area contributed by atoms with Gasteiger partial charge in [0.2, 0.25) is 11.8 Å². The predicted molar refractivity (Wildman–Crippen MR) is 87.7 cm³/mol. The van der Waals surface area contributed by atoms with Crippen molar-refractivity contribution in [3.8, 4) is 0 Å². The van der Waals surface area contributed by atoms with Crippen molar-refractivity contribution in [1.82, 2.24) is 10.2 Å². The lowest BCUT2D eigenvalue weighted by Gasteiger charge is -2.20. The summed E-state index contributed by atoms with van der Waals surface area (Å²) in [6, 6.07) is 3.32. The van der Waals surface area contributed by atoms with Crippen LogP contribution < -0.4 is 10.6 Å². The first-order chi connectivity index (χ1) is 10.5. The Balaban J connectivity index is 0.00000484. The van der Waals surface area contributed by atoms with Gasteiger partial charge in [-0.3, -0.25) is 9.59 Å². The van der Waals surface area contributed by atoms with E-state index >= 15 is 0 Å². The molecule has 1 aromatic carbocycles. The standard InChI is InChI=1S/C15H21F2N3O2.ClH/c1-3-20(14(22)8-5-9-18-2)10-13(21)19-15-11(16)6-4-7-12(15)17;/h4,6-7,18H,3,5,8-10H2,1-2H3,(H,19,21);1H. The topological polar surface area (TPSA) is 61.4 Å². The van der Waals surface area contributed by atoms with Crippen molar-refractivity contribution in [3.05, 3.63) is 29.8 Å². The van der Waals surface area contributed by atoms with Gasteiger partial charge in [0.05, 0.1) is 6.54 Å². The molecule has 0 bridgehead atoms. The van der Waals surface area contributed by atoms with E-state index in [0.29, 0.717) is 25.9 Å². The molecular formula is C15H22ClF2N3O2. The molecule has 130 valence electrons. The van der Waals surface area contributed by atoms with Crippen molar-refractivity contribution in [3.63, 3.8) is 0 Å². The van der Waals surface area contributed by atoms with Crippen LogP contribution in [0.15, 0.2) is 18.2 Å². The third-order valence-electron chi connectivity index (χ3n) is 3.11. The SMILES string of the molecule is CCN(CC(=O)Nc1c(F)cccc1F)C(=O)CCCNC.Cl. The molecule has 0 spiro atoms. The zero-order chi connectivity index (χ0) is 16.5. The highest BCUT2D eigenvalue weighted by Crippen LogP contribution is 2.17. The molecular weight excluding hydrogens is 328 g/mol. The van der Waals surface area contributed by atoms with Gasteiger partial charge in [-0.15, -0.1) is 12.4 Å². The quantitative estimate of drug-likeness (QED) is 0.707. The van der Waals surface area contributed by atoms with Crippen LogP contribution in [0.5, 0.6) is 0 Å². The lowest BCUT2D eigenvalue weighted by Crippen LogP contribution is -2.38. The van der Waals surface area contributed by atoms with E-state index in [0.717, 1.165) is 12.1 Å². The van der Waals surface area contributed by atoms with Crippen molar-refractivity contribution in [2.45, 2.75) is 19.8 Å². The first kappa shape index (κ1) is 21.3. The van der Waals surface area contributed by atoms with Crippen LogP contribution in [0.1, 0.15) is 19.8 Å². The molecule has 1 rings (SSSR count). The van der Waals surface area contributed by atoms with E-state index in [-0.39, 0.29) is 24.9 Å².